The van der Waals surface area contributed by atoms with Crippen molar-refractivity contribution < 1.29 is 31.7 Å². The van der Waals surface area contributed by atoms with Gasteiger partial charge in [-0.2, -0.15) is 4.39 Å². The second-order valence-electron chi connectivity index (χ2n) is 3.19. The molecule has 19 heavy (non-hydrogen) atoms. The lowest BCUT2D eigenvalue weighted by Crippen LogP contribution is -2.19. The molecule has 0 aromatic heterocycles. The van der Waals surface area contributed by atoms with Gasteiger partial charge in [0.05, 0.1) is 12.0 Å². The van der Waals surface area contributed by atoms with E-state index in [0.717, 1.165) is 7.11 Å². The fourth-order valence-corrected chi connectivity index (χ4v) is 1.85. The Hall–Kier alpha value is -2.14. The number of carbonyl (C=O) groups is 1. The summed E-state index contributed by atoms with van der Waals surface area (Å²) >= 11 is 0. The van der Waals surface area contributed by atoms with E-state index in [0.29, 0.717) is 0 Å². The predicted molar refractivity (Wildman–Crippen MR) is 55.7 cm³/mol. The number of nitro groups is 1. The first-order valence-electron chi connectivity index (χ1n) is 4.38. The minimum absolute atomic E-state index is 0.0897. The first kappa shape index (κ1) is 14.9. The Morgan fingerprint density at radius 1 is 1.42 bits per heavy atom. The number of sulfonamides is 1. The molecule has 1 rings (SSSR count). The van der Waals surface area contributed by atoms with E-state index in [1.807, 2.05) is 0 Å². The van der Waals surface area contributed by atoms with Crippen molar-refractivity contribution >= 4 is 21.7 Å². The average Bonchev–Trinajstić information content (AvgIpc) is 2.26. The molecule has 11 heteroatoms. The molecule has 0 aliphatic heterocycles. The first-order chi connectivity index (χ1) is 8.61. The van der Waals surface area contributed by atoms with Crippen LogP contribution in [0.3, 0.4) is 0 Å². The zero-order valence-corrected chi connectivity index (χ0v) is 10.0. The van der Waals surface area contributed by atoms with E-state index in [1.54, 1.807) is 0 Å². The van der Waals surface area contributed by atoms with Gasteiger partial charge in [0.25, 0.3) is 0 Å². The Morgan fingerprint density at radius 3 is 2.32 bits per heavy atom. The zero-order chi connectivity index (χ0) is 15.0. The number of esters is 1. The highest BCUT2D eigenvalue weighted by Crippen LogP contribution is 2.29. The van der Waals surface area contributed by atoms with Crippen LogP contribution in [0.2, 0.25) is 0 Å². The summed E-state index contributed by atoms with van der Waals surface area (Å²) in [6, 6.07) is 0.0897. The van der Waals surface area contributed by atoms with Gasteiger partial charge in [-0.15, -0.1) is 0 Å². The Labute approximate surface area is 105 Å². The fourth-order valence-electron chi connectivity index (χ4n) is 1.22. The molecule has 0 saturated carbocycles. The Balaban J connectivity index is 3.87. The molecule has 0 spiro atoms. The summed E-state index contributed by atoms with van der Waals surface area (Å²) in [5, 5.41) is 15.2. The first-order valence-corrected chi connectivity index (χ1v) is 5.93. The van der Waals surface area contributed by atoms with Crippen molar-refractivity contribution in [2.24, 2.45) is 5.14 Å². The van der Waals surface area contributed by atoms with E-state index in [2.05, 4.69) is 9.88 Å². The number of nitrogens with zero attached hydrogens (tertiary/aromatic N) is 1. The monoisotopic (exact) mass is 296 g/mol. The summed E-state index contributed by atoms with van der Waals surface area (Å²) < 4.78 is 53.4. The maximum absolute atomic E-state index is 13.7. The Kier molecular flexibility index (Phi) is 3.81. The molecule has 1 aromatic carbocycles. The van der Waals surface area contributed by atoms with Gasteiger partial charge in [-0.3, -0.25) is 10.1 Å². The fraction of sp³-hybridized carbons (Fsp3) is 0.125. The van der Waals surface area contributed by atoms with Gasteiger partial charge in [0.1, 0.15) is 10.5 Å². The second kappa shape index (κ2) is 4.85. The van der Waals surface area contributed by atoms with Crippen LogP contribution in [0.25, 0.3) is 0 Å². The molecule has 0 radical (unpaired) electrons. The largest absolute Gasteiger partial charge is 0.465 e. The minimum Gasteiger partial charge on any atom is -0.465 e. The molecule has 1 aromatic rings. The summed E-state index contributed by atoms with van der Waals surface area (Å²) in [7, 11) is -3.96. The molecule has 0 amide bonds. The summed E-state index contributed by atoms with van der Waals surface area (Å²) in [6.45, 7) is 0. The van der Waals surface area contributed by atoms with E-state index >= 15 is 0 Å². The van der Waals surface area contributed by atoms with Crippen molar-refractivity contribution in [3.05, 3.63) is 33.4 Å². The molecule has 0 atom stereocenters. The van der Waals surface area contributed by atoms with Crippen LogP contribution in [-0.2, 0) is 14.8 Å². The third kappa shape index (κ3) is 2.66. The molecule has 0 bridgehead atoms. The van der Waals surface area contributed by atoms with Crippen molar-refractivity contribution in [2.75, 3.05) is 7.11 Å². The lowest BCUT2D eigenvalue weighted by atomic mass is 10.1. The molecular weight excluding hydrogens is 290 g/mol. The molecule has 0 aliphatic rings. The number of halogens is 2. The van der Waals surface area contributed by atoms with Gasteiger partial charge in [0.15, 0.2) is 5.82 Å². The molecular formula is C8H6F2N2O6S. The second-order valence-corrected chi connectivity index (χ2v) is 4.72. The standard InChI is InChI=1S/C8H6F2N2O6S/c1-18-8(13)5-6(9)3(12(14)15)2-4(7(5)10)19(11,16)17/h2H,1H3,(H2,11,16,17). The van der Waals surface area contributed by atoms with E-state index < -0.39 is 48.7 Å². The highest BCUT2D eigenvalue weighted by molar-refractivity contribution is 7.89. The van der Waals surface area contributed by atoms with Crippen LogP contribution in [0.4, 0.5) is 14.5 Å². The molecule has 0 heterocycles. The number of ether oxygens (including phenoxy) is 1. The normalized spacial score (nSPS) is 11.2. The van der Waals surface area contributed by atoms with Crippen LogP contribution in [0.5, 0.6) is 0 Å². The average molecular weight is 296 g/mol. The molecule has 0 fully saturated rings. The van der Waals surface area contributed by atoms with Crippen LogP contribution in [0.1, 0.15) is 10.4 Å². The summed E-state index contributed by atoms with van der Waals surface area (Å²) in [6.07, 6.45) is 0. The molecule has 0 saturated heterocycles. The molecule has 0 unspecified atom stereocenters. The van der Waals surface area contributed by atoms with Crippen molar-refractivity contribution in [3.8, 4) is 0 Å². The topological polar surface area (TPSA) is 130 Å². The maximum Gasteiger partial charge on any atom is 0.344 e. The predicted octanol–water partition coefficient (Wildman–Crippen LogP) is 0.307. The number of primary sulfonamides is 1. The third-order valence-corrected chi connectivity index (χ3v) is 2.95. The number of carbonyl (C=O) groups excluding carboxylic acids is 1. The van der Waals surface area contributed by atoms with Gasteiger partial charge in [-0.1, -0.05) is 0 Å². The molecule has 8 nitrogen and oxygen atoms in total. The van der Waals surface area contributed by atoms with Gasteiger partial charge in [-0.05, 0) is 0 Å². The quantitative estimate of drug-likeness (QED) is 0.485. The van der Waals surface area contributed by atoms with Crippen molar-refractivity contribution in [1.82, 2.24) is 0 Å². The van der Waals surface area contributed by atoms with Gasteiger partial charge in [0, 0.05) is 6.07 Å². The third-order valence-electron chi connectivity index (χ3n) is 2.04. The van der Waals surface area contributed by atoms with E-state index in [9.17, 15) is 32.1 Å². The maximum atomic E-state index is 13.7. The number of hydrogen-bond acceptors (Lipinski definition) is 6. The van der Waals surface area contributed by atoms with Crippen LogP contribution < -0.4 is 5.14 Å². The number of rotatable bonds is 3. The number of benzene rings is 1. The Morgan fingerprint density at radius 2 is 1.95 bits per heavy atom. The summed E-state index contributed by atoms with van der Waals surface area (Å²) in [4.78, 5) is 19.0. The van der Waals surface area contributed by atoms with Crippen LogP contribution >= 0.6 is 0 Å². The zero-order valence-electron chi connectivity index (χ0n) is 9.22. The van der Waals surface area contributed by atoms with Crippen molar-refractivity contribution in [3.63, 3.8) is 0 Å². The molecule has 0 aliphatic carbocycles. The smallest absolute Gasteiger partial charge is 0.344 e. The summed E-state index contributed by atoms with van der Waals surface area (Å²) in [5.74, 6) is -5.30. The highest BCUT2D eigenvalue weighted by Gasteiger charge is 2.33. The van der Waals surface area contributed by atoms with E-state index in [1.165, 1.54) is 0 Å². The van der Waals surface area contributed by atoms with E-state index in [-0.39, 0.29) is 6.07 Å². The van der Waals surface area contributed by atoms with Gasteiger partial charge < -0.3 is 4.74 Å². The van der Waals surface area contributed by atoms with Gasteiger partial charge in [-0.25, -0.2) is 22.7 Å². The molecule has 2 N–H and O–H groups in total. The lowest BCUT2D eigenvalue weighted by Gasteiger charge is -2.07. The lowest BCUT2D eigenvalue weighted by molar-refractivity contribution is -0.387. The van der Waals surface area contributed by atoms with Crippen LogP contribution in [0.15, 0.2) is 11.0 Å². The van der Waals surface area contributed by atoms with Gasteiger partial charge >= 0.3 is 11.7 Å². The van der Waals surface area contributed by atoms with Gasteiger partial charge in [0.2, 0.25) is 15.8 Å². The summed E-state index contributed by atoms with van der Waals surface area (Å²) in [5.41, 5.74) is -2.91. The number of methoxy groups -OCH3 is 1. The number of nitro benzene ring substituents is 1. The van der Waals surface area contributed by atoms with Crippen molar-refractivity contribution in [2.45, 2.75) is 4.90 Å². The van der Waals surface area contributed by atoms with Crippen LogP contribution in [-0.4, -0.2) is 26.4 Å². The van der Waals surface area contributed by atoms with Crippen molar-refractivity contribution in [1.29, 1.82) is 0 Å². The SMILES string of the molecule is COC(=O)c1c(F)c([N+](=O)[O-])cc(S(N)(=O)=O)c1F. The number of hydrogen-bond donors (Lipinski definition) is 1. The van der Waals surface area contributed by atoms with E-state index in [4.69, 9.17) is 0 Å². The highest BCUT2D eigenvalue weighted by atomic mass is 32.2. The minimum atomic E-state index is -4.72. The van der Waals surface area contributed by atoms with Crippen LogP contribution in [0, 0.1) is 21.7 Å². The molecule has 104 valence electrons. The number of nitrogens with two attached hydrogens (primary N) is 1. The Bertz CT molecular complexity index is 672.